The quantitative estimate of drug-likeness (QED) is 0.112. The fourth-order valence-electron chi connectivity index (χ4n) is 4.16. The van der Waals surface area contributed by atoms with Gasteiger partial charge in [0.25, 0.3) is 40.5 Å². The molecule has 0 aliphatic heterocycles. The van der Waals surface area contributed by atoms with Crippen LogP contribution in [0.3, 0.4) is 0 Å². The lowest BCUT2D eigenvalue weighted by molar-refractivity contribution is 0.0696. The summed E-state index contributed by atoms with van der Waals surface area (Å²) in [7, 11) is -16.8. The fraction of sp³-hybridized carbons (Fsp3) is 0.188. The molecule has 0 amide bonds. The van der Waals surface area contributed by atoms with Crippen molar-refractivity contribution in [3.8, 4) is 0 Å². The van der Waals surface area contributed by atoms with E-state index in [2.05, 4.69) is 0 Å². The molecule has 20 heteroatoms. The molecule has 4 rings (SSSR count). The number of aryl methyl sites for hydroxylation is 5. The van der Waals surface area contributed by atoms with E-state index in [9.17, 15) is 43.3 Å². The maximum absolute atomic E-state index is 10.7. The lowest BCUT2D eigenvalue weighted by Gasteiger charge is -2.02. The summed E-state index contributed by atoms with van der Waals surface area (Å²) >= 11 is 0. The number of aliphatic hydroxyl groups excluding tert-OH is 1. The number of rotatable bonds is 7. The molecule has 0 fully saturated rings. The third-order valence-corrected chi connectivity index (χ3v) is 9.51. The van der Waals surface area contributed by atoms with Gasteiger partial charge in [-0.05, 0) is 129 Å². The van der Waals surface area contributed by atoms with Gasteiger partial charge in [-0.25, -0.2) is 4.79 Å². The predicted molar refractivity (Wildman–Crippen MR) is 187 cm³/mol. The molecule has 16 nitrogen and oxygen atoms in total. The predicted octanol–water partition coefficient (Wildman–Crippen LogP) is 4.28. The minimum Gasteiger partial charge on any atom is -0.478 e. The van der Waals surface area contributed by atoms with Crippen LogP contribution in [0.5, 0.6) is 0 Å². The zero-order valence-corrected chi connectivity index (χ0v) is 31.4. The van der Waals surface area contributed by atoms with Gasteiger partial charge in [0.15, 0.2) is 0 Å². The summed E-state index contributed by atoms with van der Waals surface area (Å²) in [6.45, 7) is 8.18. The first-order valence-electron chi connectivity index (χ1n) is 14.2. The molecule has 0 saturated heterocycles. The summed E-state index contributed by atoms with van der Waals surface area (Å²) in [5, 5.41) is 17.4. The molecule has 0 aliphatic carbocycles. The zero-order valence-electron chi connectivity index (χ0n) is 28.1. The molecule has 0 bridgehead atoms. The van der Waals surface area contributed by atoms with E-state index >= 15 is 0 Å². The van der Waals surface area contributed by atoms with Crippen molar-refractivity contribution in [1.82, 2.24) is 0 Å². The average Bonchev–Trinajstić information content (AvgIpc) is 2.99. The van der Waals surface area contributed by atoms with Crippen molar-refractivity contribution in [3.63, 3.8) is 0 Å². The highest BCUT2D eigenvalue weighted by Gasteiger charge is 2.14. The number of carbonyl (C=O) groups excluding carboxylic acids is 1. The van der Waals surface area contributed by atoms with Crippen LogP contribution in [0.4, 0.5) is 0 Å². The molecule has 0 spiro atoms. The van der Waals surface area contributed by atoms with Gasteiger partial charge in [-0.2, -0.15) is 33.7 Å². The number of hydrogen-bond acceptors (Lipinski definition) is 11. The van der Waals surface area contributed by atoms with E-state index in [0.29, 0.717) is 28.5 Å². The summed E-state index contributed by atoms with van der Waals surface area (Å²) in [6.07, 6.45) is 0.529. The van der Waals surface area contributed by atoms with E-state index in [1.54, 1.807) is 40.7 Å². The Morgan fingerprint density at radius 1 is 0.500 bits per heavy atom. The summed E-state index contributed by atoms with van der Waals surface area (Å²) in [5.41, 5.74) is 3.91. The number of aldehydes is 1. The molecule has 0 saturated carbocycles. The molecule has 0 heterocycles. The maximum atomic E-state index is 10.7. The van der Waals surface area contributed by atoms with E-state index in [1.807, 2.05) is 6.07 Å². The molecule has 4 aromatic rings. The van der Waals surface area contributed by atoms with Crippen LogP contribution in [-0.4, -0.2) is 74.4 Å². The molecule has 0 radical (unpaired) electrons. The highest BCUT2D eigenvalue weighted by molar-refractivity contribution is 7.86. The van der Waals surface area contributed by atoms with Crippen molar-refractivity contribution in [3.05, 3.63) is 117 Å². The highest BCUT2D eigenvalue weighted by atomic mass is 32.2. The van der Waals surface area contributed by atoms with Crippen LogP contribution in [0.25, 0.3) is 0 Å². The van der Waals surface area contributed by atoms with Crippen LogP contribution in [0.1, 0.15) is 54.1 Å². The minimum atomic E-state index is -4.34. The first-order chi connectivity index (χ1) is 23.6. The van der Waals surface area contributed by atoms with Crippen LogP contribution >= 0.6 is 0 Å². The molecule has 0 unspecified atom stereocenters. The fourth-order valence-corrected chi connectivity index (χ4v) is 6.70. The second kappa shape index (κ2) is 18.4. The van der Waals surface area contributed by atoms with Crippen molar-refractivity contribution < 1.29 is 71.7 Å². The van der Waals surface area contributed by atoms with Gasteiger partial charge in [0.05, 0.1) is 31.8 Å². The van der Waals surface area contributed by atoms with E-state index in [4.69, 9.17) is 28.4 Å². The lowest BCUT2D eigenvalue weighted by Crippen LogP contribution is -2.03. The van der Waals surface area contributed by atoms with Gasteiger partial charge in [-0.1, -0.05) is 12.1 Å². The van der Waals surface area contributed by atoms with Gasteiger partial charge >= 0.3 is 5.97 Å². The second-order valence-corrected chi connectivity index (χ2v) is 16.8. The van der Waals surface area contributed by atoms with Crippen molar-refractivity contribution in [1.29, 1.82) is 0 Å². The van der Waals surface area contributed by atoms with Gasteiger partial charge < -0.3 is 10.2 Å². The van der Waals surface area contributed by atoms with E-state index in [1.165, 1.54) is 48.5 Å². The Morgan fingerprint density at radius 3 is 1.19 bits per heavy atom. The second-order valence-electron chi connectivity index (χ2n) is 11.1. The maximum Gasteiger partial charge on any atom is 0.335 e. The third kappa shape index (κ3) is 15.9. The smallest absolute Gasteiger partial charge is 0.335 e. The van der Waals surface area contributed by atoms with Crippen LogP contribution < -0.4 is 0 Å². The number of benzene rings is 4. The topological polar surface area (TPSA) is 292 Å². The Hall–Kier alpha value is -4.38. The van der Waals surface area contributed by atoms with Gasteiger partial charge in [0.1, 0.15) is 6.29 Å². The Morgan fingerprint density at radius 2 is 0.827 bits per heavy atom. The van der Waals surface area contributed by atoms with Crippen molar-refractivity contribution >= 4 is 52.7 Å². The van der Waals surface area contributed by atoms with Crippen LogP contribution in [0.2, 0.25) is 0 Å². The molecular weight excluding hydrogens is 769 g/mol. The van der Waals surface area contributed by atoms with E-state index in [-0.39, 0.29) is 32.4 Å². The number of carboxylic acid groups (broad SMARTS) is 1. The summed E-state index contributed by atoms with van der Waals surface area (Å²) in [6, 6.07) is 16.3. The van der Waals surface area contributed by atoms with Gasteiger partial charge in [0, 0.05) is 5.56 Å². The average molecular weight is 805 g/mol. The summed E-state index contributed by atoms with van der Waals surface area (Å²) in [4.78, 5) is 20.0. The number of aromatic carboxylic acids is 1. The van der Waals surface area contributed by atoms with Crippen molar-refractivity contribution in [2.24, 2.45) is 0 Å². The van der Waals surface area contributed by atoms with Gasteiger partial charge in [-0.15, -0.1) is 0 Å². The lowest BCUT2D eigenvalue weighted by atomic mass is 10.1. The minimum absolute atomic E-state index is 0.0417. The molecular formula is C32H36O16S4. The molecule has 6 N–H and O–H groups in total. The zero-order chi connectivity index (χ0) is 40.4. The summed E-state index contributed by atoms with van der Waals surface area (Å²) in [5.74, 6) is -1.24. The van der Waals surface area contributed by atoms with E-state index < -0.39 is 51.3 Å². The number of carboxylic acids is 1. The Labute approximate surface area is 301 Å². The van der Waals surface area contributed by atoms with Gasteiger partial charge in [0.2, 0.25) is 0 Å². The molecule has 0 aliphatic rings. The molecule has 284 valence electrons. The Balaban J connectivity index is 0.000000347. The van der Waals surface area contributed by atoms with Crippen molar-refractivity contribution in [2.45, 2.75) is 60.8 Å². The SMILES string of the molecule is Cc1cc(C(=O)O)cc(S(=O)(=O)O)c1.Cc1cc(C)cc(S(=O)(=O)O)c1.Cc1cc(C=O)cc(S(=O)(=O)O)c1.Cc1cc(CO)cc(S(=O)(=O)O)c1. The third-order valence-electron chi connectivity index (χ3n) is 6.19. The van der Waals surface area contributed by atoms with E-state index in [0.717, 1.165) is 23.3 Å². The monoisotopic (exact) mass is 804 g/mol. The highest BCUT2D eigenvalue weighted by Crippen LogP contribution is 2.17. The van der Waals surface area contributed by atoms with Crippen LogP contribution in [0.15, 0.2) is 92.4 Å². The number of aliphatic hydroxyl groups is 1. The molecule has 0 aromatic heterocycles. The van der Waals surface area contributed by atoms with Crippen molar-refractivity contribution in [2.75, 3.05) is 0 Å². The Kier molecular flexibility index (Phi) is 16.1. The number of carbonyl (C=O) groups is 2. The van der Waals surface area contributed by atoms with Crippen LogP contribution in [-0.2, 0) is 47.1 Å². The largest absolute Gasteiger partial charge is 0.478 e. The van der Waals surface area contributed by atoms with Gasteiger partial charge in [-0.3, -0.25) is 23.0 Å². The molecule has 0 atom stereocenters. The molecule has 52 heavy (non-hydrogen) atoms. The normalized spacial score (nSPS) is 11.4. The first-order valence-corrected chi connectivity index (χ1v) is 19.9. The number of hydrogen-bond donors (Lipinski definition) is 6. The molecule has 4 aromatic carbocycles. The summed E-state index contributed by atoms with van der Waals surface area (Å²) < 4.78 is 120. The van der Waals surface area contributed by atoms with Crippen LogP contribution in [0, 0.1) is 34.6 Å². The Bertz CT molecular complexity index is 2360. The first kappa shape index (κ1) is 45.6. The standard InChI is InChI=1S/C8H8O5S.C8H10O4S.C8H8O4S.C8H10O3S/c1-5-2-6(8(9)10)4-7(3-5)14(11,12)13;2*1-6-2-7(5-9)4-8(3-6)13(10,11)12;1-6-3-7(2)5-8(4-6)12(9,10)11/h2-4H,1H3,(H,9,10)(H,11,12,13);2-4,9H,5H2,1H3,(H,10,11,12);2-5H,1H3,(H,10,11,12);3-5H,1-2H3,(H,9,10,11).